The summed E-state index contributed by atoms with van der Waals surface area (Å²) >= 11 is 0. The molecule has 0 amide bonds. The van der Waals surface area contributed by atoms with E-state index in [-0.39, 0.29) is 5.92 Å². The molecular formula is C11H21NO2. The quantitative estimate of drug-likeness (QED) is 0.709. The molecule has 0 aromatic rings. The molecular weight excluding hydrogens is 178 g/mol. The minimum absolute atomic E-state index is 0.169. The highest BCUT2D eigenvalue weighted by molar-refractivity contribution is 5.70. The largest absolute Gasteiger partial charge is 0.481 e. The number of likely N-dealkylation sites (tertiary alicyclic amines) is 1. The van der Waals surface area contributed by atoms with Crippen LogP contribution in [-0.2, 0) is 4.79 Å². The van der Waals surface area contributed by atoms with Crippen LogP contribution in [0.1, 0.15) is 33.1 Å². The van der Waals surface area contributed by atoms with Crippen molar-refractivity contribution in [1.29, 1.82) is 0 Å². The van der Waals surface area contributed by atoms with Crippen LogP contribution >= 0.6 is 0 Å². The van der Waals surface area contributed by atoms with Crippen LogP contribution in [0.3, 0.4) is 0 Å². The van der Waals surface area contributed by atoms with Gasteiger partial charge in [0.15, 0.2) is 0 Å². The summed E-state index contributed by atoms with van der Waals surface area (Å²) in [7, 11) is 0. The van der Waals surface area contributed by atoms with Gasteiger partial charge in [-0.25, -0.2) is 0 Å². The Morgan fingerprint density at radius 2 is 2.14 bits per heavy atom. The van der Waals surface area contributed by atoms with Crippen LogP contribution in [0, 0.1) is 11.8 Å². The van der Waals surface area contributed by atoms with Crippen molar-refractivity contribution in [2.45, 2.75) is 33.1 Å². The summed E-state index contributed by atoms with van der Waals surface area (Å²) in [6, 6.07) is 0. The van der Waals surface area contributed by atoms with E-state index < -0.39 is 5.97 Å². The fourth-order valence-electron chi connectivity index (χ4n) is 2.11. The molecule has 0 bridgehead atoms. The third-order valence-corrected chi connectivity index (χ3v) is 3.05. The molecule has 0 aromatic heterocycles. The molecule has 1 rings (SSSR count). The molecule has 1 unspecified atom stereocenters. The maximum absolute atomic E-state index is 10.8. The second-order valence-corrected chi connectivity index (χ2v) is 4.32. The maximum Gasteiger partial charge on any atom is 0.307 e. The fourth-order valence-corrected chi connectivity index (χ4v) is 2.11. The standard InChI is InChI=1S/C11H21NO2/c1-3-5-9-6-12(7-9)8-10(4-2)11(13)14/h9-10H,3-8H2,1-2H3,(H,13,14). The van der Waals surface area contributed by atoms with Crippen molar-refractivity contribution in [3.8, 4) is 0 Å². The third-order valence-electron chi connectivity index (χ3n) is 3.05. The zero-order valence-corrected chi connectivity index (χ0v) is 9.20. The second-order valence-electron chi connectivity index (χ2n) is 4.32. The van der Waals surface area contributed by atoms with Crippen molar-refractivity contribution in [3.63, 3.8) is 0 Å². The van der Waals surface area contributed by atoms with Crippen molar-refractivity contribution in [1.82, 2.24) is 4.90 Å². The monoisotopic (exact) mass is 199 g/mol. The van der Waals surface area contributed by atoms with E-state index in [0.717, 1.165) is 32.0 Å². The number of carboxylic acids is 1. The van der Waals surface area contributed by atoms with Crippen molar-refractivity contribution >= 4 is 5.97 Å². The van der Waals surface area contributed by atoms with E-state index in [1.807, 2.05) is 6.92 Å². The van der Waals surface area contributed by atoms with E-state index in [1.165, 1.54) is 12.8 Å². The summed E-state index contributed by atoms with van der Waals surface area (Å²) in [5.74, 6) is 0.00955. The highest BCUT2D eigenvalue weighted by Crippen LogP contribution is 2.22. The molecule has 3 heteroatoms. The molecule has 14 heavy (non-hydrogen) atoms. The average molecular weight is 199 g/mol. The lowest BCUT2D eigenvalue weighted by Gasteiger charge is -2.40. The number of rotatable bonds is 6. The number of hydrogen-bond acceptors (Lipinski definition) is 2. The van der Waals surface area contributed by atoms with Crippen molar-refractivity contribution in [2.24, 2.45) is 11.8 Å². The number of aliphatic carboxylic acids is 1. The van der Waals surface area contributed by atoms with Gasteiger partial charge in [-0.1, -0.05) is 20.3 Å². The van der Waals surface area contributed by atoms with E-state index >= 15 is 0 Å². The highest BCUT2D eigenvalue weighted by atomic mass is 16.4. The first-order chi connectivity index (χ1) is 6.67. The van der Waals surface area contributed by atoms with Crippen LogP contribution in [0.25, 0.3) is 0 Å². The summed E-state index contributed by atoms with van der Waals surface area (Å²) in [5, 5.41) is 8.88. The molecule has 3 nitrogen and oxygen atoms in total. The van der Waals surface area contributed by atoms with Crippen molar-refractivity contribution in [3.05, 3.63) is 0 Å². The van der Waals surface area contributed by atoms with Crippen LogP contribution in [-0.4, -0.2) is 35.6 Å². The summed E-state index contributed by atoms with van der Waals surface area (Å²) in [5.41, 5.74) is 0. The molecule has 0 saturated carbocycles. The van der Waals surface area contributed by atoms with Crippen molar-refractivity contribution < 1.29 is 9.90 Å². The van der Waals surface area contributed by atoms with Gasteiger partial charge in [-0.3, -0.25) is 4.79 Å². The Bertz CT molecular complexity index is 188. The minimum Gasteiger partial charge on any atom is -0.481 e. The zero-order valence-electron chi connectivity index (χ0n) is 9.20. The Hall–Kier alpha value is -0.570. The molecule has 0 aliphatic carbocycles. The number of hydrogen-bond donors (Lipinski definition) is 1. The topological polar surface area (TPSA) is 40.5 Å². The molecule has 1 aliphatic rings. The van der Waals surface area contributed by atoms with Crippen molar-refractivity contribution in [2.75, 3.05) is 19.6 Å². The van der Waals surface area contributed by atoms with Crippen LogP contribution in [0.5, 0.6) is 0 Å². The zero-order chi connectivity index (χ0) is 10.6. The highest BCUT2D eigenvalue weighted by Gasteiger charge is 2.29. The average Bonchev–Trinajstić information content (AvgIpc) is 2.08. The molecule has 82 valence electrons. The molecule has 0 spiro atoms. The van der Waals surface area contributed by atoms with E-state index in [9.17, 15) is 4.79 Å². The van der Waals surface area contributed by atoms with Gasteiger partial charge in [0.2, 0.25) is 0 Å². The number of nitrogens with zero attached hydrogens (tertiary/aromatic N) is 1. The lowest BCUT2D eigenvalue weighted by Crippen LogP contribution is -2.49. The fraction of sp³-hybridized carbons (Fsp3) is 0.909. The van der Waals surface area contributed by atoms with E-state index in [1.54, 1.807) is 0 Å². The Labute approximate surface area is 86.1 Å². The van der Waals surface area contributed by atoms with E-state index in [2.05, 4.69) is 11.8 Å². The predicted octanol–water partition coefficient (Wildman–Crippen LogP) is 1.83. The molecule has 1 atom stereocenters. The Balaban J connectivity index is 2.17. The summed E-state index contributed by atoms with van der Waals surface area (Å²) < 4.78 is 0. The van der Waals surface area contributed by atoms with Gasteiger partial charge in [0.1, 0.15) is 0 Å². The van der Waals surface area contributed by atoms with Gasteiger partial charge in [-0.05, 0) is 18.8 Å². The first kappa shape index (κ1) is 11.5. The minimum atomic E-state index is -0.647. The van der Waals surface area contributed by atoms with Gasteiger partial charge in [-0.15, -0.1) is 0 Å². The summed E-state index contributed by atoms with van der Waals surface area (Å²) in [6.07, 6.45) is 3.28. The van der Waals surface area contributed by atoms with Gasteiger partial charge in [-0.2, -0.15) is 0 Å². The molecule has 0 aromatic carbocycles. The van der Waals surface area contributed by atoms with Crippen LogP contribution < -0.4 is 0 Å². The molecule has 1 fully saturated rings. The lowest BCUT2D eigenvalue weighted by atomic mass is 9.93. The van der Waals surface area contributed by atoms with Crippen LogP contribution in [0.15, 0.2) is 0 Å². The van der Waals surface area contributed by atoms with E-state index in [4.69, 9.17) is 5.11 Å². The summed E-state index contributed by atoms with van der Waals surface area (Å²) in [6.45, 7) is 7.11. The normalized spacial score (nSPS) is 20.4. The van der Waals surface area contributed by atoms with E-state index in [0.29, 0.717) is 0 Å². The van der Waals surface area contributed by atoms with Gasteiger partial charge >= 0.3 is 5.97 Å². The second kappa shape index (κ2) is 5.35. The van der Waals surface area contributed by atoms with Crippen LogP contribution in [0.4, 0.5) is 0 Å². The Morgan fingerprint density at radius 1 is 1.50 bits per heavy atom. The molecule has 1 saturated heterocycles. The van der Waals surface area contributed by atoms with Gasteiger partial charge in [0, 0.05) is 19.6 Å². The maximum atomic E-state index is 10.8. The Kier molecular flexibility index (Phi) is 4.39. The predicted molar refractivity (Wildman–Crippen MR) is 56.3 cm³/mol. The van der Waals surface area contributed by atoms with Gasteiger partial charge in [0.05, 0.1) is 5.92 Å². The molecule has 1 aliphatic heterocycles. The van der Waals surface area contributed by atoms with Gasteiger partial charge < -0.3 is 10.0 Å². The van der Waals surface area contributed by atoms with Crippen LogP contribution in [0.2, 0.25) is 0 Å². The molecule has 0 radical (unpaired) electrons. The summed E-state index contributed by atoms with van der Waals surface area (Å²) in [4.78, 5) is 13.1. The number of carbonyl (C=O) groups is 1. The first-order valence-electron chi connectivity index (χ1n) is 5.62. The van der Waals surface area contributed by atoms with Gasteiger partial charge in [0.25, 0.3) is 0 Å². The molecule has 1 N–H and O–H groups in total. The third kappa shape index (κ3) is 2.98. The number of carboxylic acid groups (broad SMARTS) is 1. The first-order valence-corrected chi connectivity index (χ1v) is 5.62. The molecule has 1 heterocycles. The SMILES string of the molecule is CCCC1CN(CC(CC)C(=O)O)C1. The lowest BCUT2D eigenvalue weighted by molar-refractivity contribution is -0.143. The smallest absolute Gasteiger partial charge is 0.307 e. The Morgan fingerprint density at radius 3 is 2.57 bits per heavy atom.